The van der Waals surface area contributed by atoms with E-state index in [-0.39, 0.29) is 0 Å². The summed E-state index contributed by atoms with van der Waals surface area (Å²) in [7, 11) is -3.69. The first-order valence-electron chi connectivity index (χ1n) is 4.93. The second-order valence-electron chi connectivity index (χ2n) is 4.52. The molecule has 0 saturated heterocycles. The highest BCUT2D eigenvalue weighted by molar-refractivity contribution is 7.90. The smallest absolute Gasteiger partial charge is 0.327 e. The fraction of sp³-hybridized carbons (Fsp3) is 0.500. The number of sulfonamides is 1. The van der Waals surface area contributed by atoms with Gasteiger partial charge in [0.1, 0.15) is 0 Å². The summed E-state index contributed by atoms with van der Waals surface area (Å²) >= 11 is 1.20. The summed E-state index contributed by atoms with van der Waals surface area (Å²) in [5.41, 5.74) is 0. The van der Waals surface area contributed by atoms with E-state index in [0.29, 0.717) is 4.88 Å². The van der Waals surface area contributed by atoms with Crippen LogP contribution in [-0.2, 0) is 14.8 Å². The van der Waals surface area contributed by atoms with E-state index in [2.05, 4.69) is 4.72 Å². The zero-order valence-electron chi connectivity index (χ0n) is 9.80. The van der Waals surface area contributed by atoms with Crippen molar-refractivity contribution in [1.82, 2.24) is 4.72 Å². The summed E-state index contributed by atoms with van der Waals surface area (Å²) in [5, 5.41) is 10.8. The molecule has 2 N–H and O–H groups in total. The zero-order chi connectivity index (χ0) is 13.3. The summed E-state index contributed by atoms with van der Waals surface area (Å²) in [4.78, 5) is 11.5. The maximum atomic E-state index is 11.9. The van der Waals surface area contributed by atoms with Gasteiger partial charge < -0.3 is 5.11 Å². The van der Waals surface area contributed by atoms with Crippen LogP contribution in [0.4, 0.5) is 0 Å². The summed E-state index contributed by atoms with van der Waals surface area (Å²) in [5.74, 6) is -1.21. The molecule has 0 amide bonds. The van der Waals surface area contributed by atoms with Crippen molar-refractivity contribution in [2.75, 3.05) is 0 Å². The minimum absolute atomic E-state index is 0.463. The maximum absolute atomic E-state index is 11.9. The molecule has 0 radical (unpaired) electrons. The van der Waals surface area contributed by atoms with Crippen molar-refractivity contribution < 1.29 is 18.3 Å². The van der Waals surface area contributed by atoms with E-state index in [4.69, 9.17) is 5.11 Å². The van der Waals surface area contributed by atoms with Crippen LogP contribution < -0.4 is 4.72 Å². The van der Waals surface area contributed by atoms with E-state index in [1.54, 1.807) is 17.5 Å². The number of aliphatic carboxylic acids is 1. The van der Waals surface area contributed by atoms with Crippen LogP contribution in [0.3, 0.4) is 0 Å². The van der Waals surface area contributed by atoms with Gasteiger partial charge in [-0.05, 0) is 32.2 Å². The Labute approximate surface area is 105 Å². The molecule has 0 aromatic carbocycles. The van der Waals surface area contributed by atoms with Gasteiger partial charge in [0, 0.05) is 4.88 Å². The zero-order valence-corrected chi connectivity index (χ0v) is 11.4. The summed E-state index contributed by atoms with van der Waals surface area (Å²) in [6.07, 6.45) is 0. The number of thiophene rings is 1. The summed E-state index contributed by atoms with van der Waals surface area (Å²) in [6, 6.07) is 2.05. The van der Waals surface area contributed by atoms with Gasteiger partial charge in [-0.1, -0.05) is 6.07 Å². The van der Waals surface area contributed by atoms with Crippen molar-refractivity contribution in [3.05, 3.63) is 22.4 Å². The van der Waals surface area contributed by atoms with E-state index in [9.17, 15) is 13.2 Å². The molecule has 1 heterocycles. The van der Waals surface area contributed by atoms with E-state index >= 15 is 0 Å². The SMILES string of the molecule is CC(C)(C)S(=O)(=O)NC(C(=O)O)c1cccs1. The molecule has 1 atom stereocenters. The molecule has 1 aromatic rings. The second kappa shape index (κ2) is 4.75. The Bertz CT molecular complexity index is 485. The average Bonchev–Trinajstić information content (AvgIpc) is 2.64. The molecule has 0 saturated carbocycles. The molecular formula is C10H15NO4S2. The van der Waals surface area contributed by atoms with Crippen molar-refractivity contribution in [2.45, 2.75) is 31.6 Å². The fourth-order valence-corrected chi connectivity index (χ4v) is 2.75. The van der Waals surface area contributed by atoms with Gasteiger partial charge in [-0.25, -0.2) is 8.42 Å². The van der Waals surface area contributed by atoms with Gasteiger partial charge >= 0.3 is 5.97 Å². The van der Waals surface area contributed by atoms with Crippen LogP contribution in [0.15, 0.2) is 17.5 Å². The van der Waals surface area contributed by atoms with E-state index < -0.39 is 26.8 Å². The van der Waals surface area contributed by atoms with Gasteiger partial charge in [0.15, 0.2) is 6.04 Å². The lowest BCUT2D eigenvalue weighted by atomic mass is 10.2. The Kier molecular flexibility index (Phi) is 3.95. The number of hydrogen-bond acceptors (Lipinski definition) is 4. The lowest BCUT2D eigenvalue weighted by Gasteiger charge is -2.22. The van der Waals surface area contributed by atoms with Gasteiger partial charge in [0.2, 0.25) is 10.0 Å². The van der Waals surface area contributed by atoms with Crippen molar-refractivity contribution in [3.63, 3.8) is 0 Å². The number of carboxylic acid groups (broad SMARTS) is 1. The number of rotatable bonds is 4. The van der Waals surface area contributed by atoms with E-state index in [0.717, 1.165) is 0 Å². The molecular weight excluding hydrogens is 262 g/mol. The van der Waals surface area contributed by atoms with E-state index in [1.165, 1.54) is 32.1 Å². The normalized spacial score (nSPS) is 14.5. The van der Waals surface area contributed by atoms with Crippen LogP contribution in [0.2, 0.25) is 0 Å². The van der Waals surface area contributed by atoms with Gasteiger partial charge in [-0.2, -0.15) is 4.72 Å². The van der Waals surface area contributed by atoms with Crippen molar-refractivity contribution >= 4 is 27.3 Å². The van der Waals surface area contributed by atoms with Crippen molar-refractivity contribution in [3.8, 4) is 0 Å². The summed E-state index contributed by atoms with van der Waals surface area (Å²) in [6.45, 7) is 4.55. The van der Waals surface area contributed by atoms with Crippen LogP contribution in [0.1, 0.15) is 31.7 Å². The van der Waals surface area contributed by atoms with Crippen LogP contribution in [0.25, 0.3) is 0 Å². The van der Waals surface area contributed by atoms with Crippen molar-refractivity contribution in [2.24, 2.45) is 0 Å². The maximum Gasteiger partial charge on any atom is 0.327 e. The molecule has 0 aliphatic carbocycles. The lowest BCUT2D eigenvalue weighted by molar-refractivity contribution is -0.139. The van der Waals surface area contributed by atoms with Crippen molar-refractivity contribution in [1.29, 1.82) is 0 Å². The number of carboxylic acids is 1. The molecule has 5 nitrogen and oxygen atoms in total. The first kappa shape index (κ1) is 14.1. The van der Waals surface area contributed by atoms with Gasteiger partial charge in [-0.15, -0.1) is 11.3 Å². The van der Waals surface area contributed by atoms with Crippen LogP contribution >= 0.6 is 11.3 Å². The Hall–Kier alpha value is -0.920. The molecule has 0 spiro atoms. The lowest BCUT2D eigenvalue weighted by Crippen LogP contribution is -2.43. The first-order valence-corrected chi connectivity index (χ1v) is 7.29. The molecule has 0 aliphatic rings. The minimum Gasteiger partial charge on any atom is -0.480 e. The topological polar surface area (TPSA) is 83.5 Å². The molecule has 0 fully saturated rings. The molecule has 1 unspecified atom stereocenters. The predicted molar refractivity (Wildman–Crippen MR) is 66.5 cm³/mol. The first-order chi connectivity index (χ1) is 7.65. The highest BCUT2D eigenvalue weighted by Crippen LogP contribution is 2.23. The molecule has 17 heavy (non-hydrogen) atoms. The van der Waals surface area contributed by atoms with Crippen LogP contribution in [-0.4, -0.2) is 24.2 Å². The Morgan fingerprint density at radius 2 is 2.06 bits per heavy atom. The Morgan fingerprint density at radius 3 is 2.41 bits per heavy atom. The third-order valence-corrected chi connectivity index (χ3v) is 5.25. The van der Waals surface area contributed by atoms with E-state index in [1.807, 2.05) is 0 Å². The highest BCUT2D eigenvalue weighted by atomic mass is 32.2. The average molecular weight is 277 g/mol. The fourth-order valence-electron chi connectivity index (χ4n) is 1.02. The van der Waals surface area contributed by atoms with Crippen LogP contribution in [0.5, 0.6) is 0 Å². The van der Waals surface area contributed by atoms with Crippen LogP contribution in [0, 0.1) is 0 Å². The third kappa shape index (κ3) is 3.27. The monoisotopic (exact) mass is 277 g/mol. The molecule has 0 aliphatic heterocycles. The Morgan fingerprint density at radius 1 is 1.47 bits per heavy atom. The quantitative estimate of drug-likeness (QED) is 0.875. The molecule has 1 aromatic heterocycles. The largest absolute Gasteiger partial charge is 0.480 e. The number of carbonyl (C=O) groups is 1. The van der Waals surface area contributed by atoms with Gasteiger partial charge in [0.25, 0.3) is 0 Å². The minimum atomic E-state index is -3.69. The predicted octanol–water partition coefficient (Wildman–Crippen LogP) is 1.59. The van der Waals surface area contributed by atoms with Gasteiger partial charge in [0.05, 0.1) is 4.75 Å². The third-order valence-electron chi connectivity index (χ3n) is 2.15. The summed E-state index contributed by atoms with van der Waals surface area (Å²) < 4.78 is 25.0. The number of nitrogens with one attached hydrogen (secondary N) is 1. The Balaban J connectivity index is 3.02. The number of hydrogen-bond donors (Lipinski definition) is 2. The second-order valence-corrected chi connectivity index (χ2v) is 7.97. The van der Waals surface area contributed by atoms with Gasteiger partial charge in [-0.3, -0.25) is 4.79 Å². The molecule has 0 bridgehead atoms. The molecule has 1 rings (SSSR count). The standard InChI is InChI=1S/C10H15NO4S2/c1-10(2,3)17(14,15)11-8(9(12)13)7-5-4-6-16-7/h4-6,8,11H,1-3H3,(H,12,13). The highest BCUT2D eigenvalue weighted by Gasteiger charge is 2.34. The molecule has 96 valence electrons. The molecule has 7 heteroatoms.